The van der Waals surface area contributed by atoms with Crippen molar-refractivity contribution >= 4 is 5.91 Å². The number of nitrogens with one attached hydrogen (secondary N) is 1. The summed E-state index contributed by atoms with van der Waals surface area (Å²) in [5, 5.41) is 7.39. The fourth-order valence-electron chi connectivity index (χ4n) is 3.60. The number of carbonyl (C=O) groups excluding carboxylic acids is 1. The SMILES string of the molecule is CN(Cc1ccccn1)C(=O)c1n[nH]c2c1CN(C1CCOC1)CC2. The maximum absolute atomic E-state index is 12.9. The van der Waals surface area contributed by atoms with Crippen LogP contribution in [0.25, 0.3) is 0 Å². The van der Waals surface area contributed by atoms with Crippen molar-refractivity contribution in [1.29, 1.82) is 0 Å². The van der Waals surface area contributed by atoms with Crippen molar-refractivity contribution in [3.8, 4) is 0 Å². The molecule has 0 aromatic carbocycles. The molecule has 1 unspecified atom stereocenters. The predicted octanol–water partition coefficient (Wildman–Crippen LogP) is 1.22. The van der Waals surface area contributed by atoms with Crippen LogP contribution in [0, 0.1) is 0 Å². The van der Waals surface area contributed by atoms with Crippen molar-refractivity contribution in [2.24, 2.45) is 0 Å². The molecule has 7 nitrogen and oxygen atoms in total. The summed E-state index contributed by atoms with van der Waals surface area (Å²) in [4.78, 5) is 21.3. The summed E-state index contributed by atoms with van der Waals surface area (Å²) in [5.41, 5.74) is 3.53. The molecule has 2 aromatic rings. The van der Waals surface area contributed by atoms with Crippen molar-refractivity contribution in [1.82, 2.24) is 25.0 Å². The van der Waals surface area contributed by atoms with E-state index in [1.165, 1.54) is 0 Å². The Labute approximate surface area is 147 Å². The minimum Gasteiger partial charge on any atom is -0.380 e. The monoisotopic (exact) mass is 341 g/mol. The average molecular weight is 341 g/mol. The van der Waals surface area contributed by atoms with Crippen LogP contribution < -0.4 is 0 Å². The van der Waals surface area contributed by atoms with Crippen LogP contribution in [0.4, 0.5) is 0 Å². The predicted molar refractivity (Wildman–Crippen MR) is 92.0 cm³/mol. The molecule has 1 amide bonds. The zero-order valence-electron chi connectivity index (χ0n) is 14.4. The Hall–Kier alpha value is -2.25. The van der Waals surface area contributed by atoms with Crippen molar-refractivity contribution in [2.45, 2.75) is 32.0 Å². The topological polar surface area (TPSA) is 74.4 Å². The van der Waals surface area contributed by atoms with Gasteiger partial charge >= 0.3 is 0 Å². The normalized spacial score (nSPS) is 20.4. The molecule has 0 bridgehead atoms. The van der Waals surface area contributed by atoms with Crippen LogP contribution in [0.5, 0.6) is 0 Å². The molecule has 7 heteroatoms. The Kier molecular flexibility index (Phi) is 4.50. The molecule has 0 saturated carbocycles. The first-order chi connectivity index (χ1) is 12.2. The molecule has 25 heavy (non-hydrogen) atoms. The Bertz CT molecular complexity index is 739. The standard InChI is InChI=1S/C18H23N5O2/c1-22(10-13-4-2-3-7-19-13)18(24)17-15-11-23(14-6-9-25-12-14)8-5-16(15)20-21-17/h2-4,7,14H,5-6,8-12H2,1H3,(H,20,21). The van der Waals surface area contributed by atoms with Crippen molar-refractivity contribution in [3.05, 3.63) is 47.0 Å². The number of H-pyrrole nitrogens is 1. The number of fused-ring (bicyclic) bond motifs is 1. The van der Waals surface area contributed by atoms with E-state index in [2.05, 4.69) is 20.1 Å². The van der Waals surface area contributed by atoms with Crippen molar-refractivity contribution in [2.75, 3.05) is 26.8 Å². The lowest BCUT2D eigenvalue weighted by Gasteiger charge is -2.31. The summed E-state index contributed by atoms with van der Waals surface area (Å²) in [6.07, 6.45) is 3.71. The molecule has 1 fully saturated rings. The molecule has 1 saturated heterocycles. The summed E-state index contributed by atoms with van der Waals surface area (Å²) in [6.45, 7) is 3.84. The van der Waals surface area contributed by atoms with E-state index in [0.29, 0.717) is 18.3 Å². The van der Waals surface area contributed by atoms with E-state index >= 15 is 0 Å². The Morgan fingerprint density at radius 1 is 1.48 bits per heavy atom. The molecule has 1 atom stereocenters. The first-order valence-electron chi connectivity index (χ1n) is 8.75. The zero-order chi connectivity index (χ0) is 17.2. The largest absolute Gasteiger partial charge is 0.380 e. The molecular weight excluding hydrogens is 318 g/mol. The second kappa shape index (κ2) is 6.93. The van der Waals surface area contributed by atoms with Gasteiger partial charge in [0.25, 0.3) is 5.91 Å². The summed E-state index contributed by atoms with van der Waals surface area (Å²) in [5.74, 6) is -0.0623. The average Bonchev–Trinajstić information content (AvgIpc) is 3.31. The fourth-order valence-corrected chi connectivity index (χ4v) is 3.60. The van der Waals surface area contributed by atoms with Crippen LogP contribution in [0.15, 0.2) is 24.4 Å². The second-order valence-electron chi connectivity index (χ2n) is 6.75. The van der Waals surface area contributed by atoms with Gasteiger partial charge in [0.05, 0.1) is 18.8 Å². The Balaban J connectivity index is 1.49. The number of ether oxygens (including phenoxy) is 1. The molecule has 4 rings (SSSR count). The number of nitrogens with zero attached hydrogens (tertiary/aromatic N) is 4. The van der Waals surface area contributed by atoms with Gasteiger partial charge in [0.2, 0.25) is 0 Å². The molecule has 132 valence electrons. The maximum atomic E-state index is 12.9. The van der Waals surface area contributed by atoms with Crippen LogP contribution in [0.3, 0.4) is 0 Å². The third-order valence-corrected chi connectivity index (χ3v) is 5.06. The number of hydrogen-bond donors (Lipinski definition) is 1. The van der Waals surface area contributed by atoms with E-state index in [0.717, 1.165) is 56.1 Å². The van der Waals surface area contributed by atoms with E-state index in [1.807, 2.05) is 18.2 Å². The first-order valence-corrected chi connectivity index (χ1v) is 8.75. The van der Waals surface area contributed by atoms with Gasteiger partial charge in [-0.15, -0.1) is 0 Å². The molecule has 2 aliphatic rings. The zero-order valence-corrected chi connectivity index (χ0v) is 14.4. The van der Waals surface area contributed by atoms with Crippen LogP contribution in [-0.2, 0) is 24.2 Å². The molecule has 1 N–H and O–H groups in total. The van der Waals surface area contributed by atoms with E-state index in [1.54, 1.807) is 18.1 Å². The minimum atomic E-state index is -0.0623. The molecule has 0 spiro atoms. The minimum absolute atomic E-state index is 0.0623. The smallest absolute Gasteiger partial charge is 0.274 e. The number of amides is 1. The van der Waals surface area contributed by atoms with Gasteiger partial charge in [-0.2, -0.15) is 5.10 Å². The molecular formula is C18H23N5O2. The summed E-state index contributed by atoms with van der Waals surface area (Å²) >= 11 is 0. The Morgan fingerprint density at radius 3 is 3.16 bits per heavy atom. The number of rotatable bonds is 4. The van der Waals surface area contributed by atoms with Gasteiger partial charge in [-0.25, -0.2) is 0 Å². The lowest BCUT2D eigenvalue weighted by Crippen LogP contribution is -2.40. The van der Waals surface area contributed by atoms with Crippen LogP contribution in [-0.4, -0.2) is 63.7 Å². The van der Waals surface area contributed by atoms with Crippen molar-refractivity contribution < 1.29 is 9.53 Å². The van der Waals surface area contributed by atoms with Gasteiger partial charge in [0.1, 0.15) is 0 Å². The van der Waals surface area contributed by atoms with Gasteiger partial charge < -0.3 is 9.64 Å². The van der Waals surface area contributed by atoms with Gasteiger partial charge in [0.15, 0.2) is 5.69 Å². The second-order valence-corrected chi connectivity index (χ2v) is 6.75. The van der Waals surface area contributed by atoms with Crippen molar-refractivity contribution in [3.63, 3.8) is 0 Å². The molecule has 2 aromatic heterocycles. The van der Waals surface area contributed by atoms with Gasteiger partial charge in [-0.3, -0.25) is 19.8 Å². The third kappa shape index (κ3) is 3.29. The van der Waals surface area contributed by atoms with Crippen LogP contribution in [0.1, 0.15) is 33.9 Å². The number of aromatic nitrogens is 3. The lowest BCUT2D eigenvalue weighted by molar-refractivity contribution is 0.0773. The van der Waals surface area contributed by atoms with Gasteiger partial charge in [-0.05, 0) is 18.6 Å². The van der Waals surface area contributed by atoms with E-state index in [9.17, 15) is 4.79 Å². The highest BCUT2D eigenvalue weighted by Gasteiger charge is 2.31. The highest BCUT2D eigenvalue weighted by Crippen LogP contribution is 2.25. The highest BCUT2D eigenvalue weighted by molar-refractivity contribution is 5.93. The quantitative estimate of drug-likeness (QED) is 0.905. The van der Waals surface area contributed by atoms with Crippen LogP contribution >= 0.6 is 0 Å². The Morgan fingerprint density at radius 2 is 2.40 bits per heavy atom. The maximum Gasteiger partial charge on any atom is 0.274 e. The van der Waals surface area contributed by atoms with E-state index in [-0.39, 0.29) is 5.91 Å². The number of pyridine rings is 1. The number of carbonyl (C=O) groups is 1. The van der Waals surface area contributed by atoms with E-state index < -0.39 is 0 Å². The molecule has 4 heterocycles. The number of aromatic amines is 1. The lowest BCUT2D eigenvalue weighted by atomic mass is 10.0. The number of hydrogen-bond acceptors (Lipinski definition) is 5. The molecule has 0 radical (unpaired) electrons. The summed E-state index contributed by atoms with van der Waals surface area (Å²) in [7, 11) is 1.80. The van der Waals surface area contributed by atoms with Crippen LogP contribution in [0.2, 0.25) is 0 Å². The third-order valence-electron chi connectivity index (χ3n) is 5.06. The van der Waals surface area contributed by atoms with E-state index in [4.69, 9.17) is 4.74 Å². The molecule has 0 aliphatic carbocycles. The first kappa shape index (κ1) is 16.2. The molecule has 2 aliphatic heterocycles. The van der Waals surface area contributed by atoms with Gasteiger partial charge in [0, 0.05) is 56.7 Å². The highest BCUT2D eigenvalue weighted by atomic mass is 16.5. The summed E-state index contributed by atoms with van der Waals surface area (Å²) in [6, 6.07) is 6.18. The van der Waals surface area contributed by atoms with Gasteiger partial charge in [-0.1, -0.05) is 6.07 Å². The summed E-state index contributed by atoms with van der Waals surface area (Å²) < 4.78 is 5.51. The fraction of sp³-hybridized carbons (Fsp3) is 0.500.